The molecule has 0 fully saturated rings. The summed E-state index contributed by atoms with van der Waals surface area (Å²) in [5.74, 6) is 0.342. The lowest BCUT2D eigenvalue weighted by Gasteiger charge is -2.01. The van der Waals surface area contributed by atoms with Crippen LogP contribution in [0.5, 0.6) is 0 Å². The van der Waals surface area contributed by atoms with E-state index >= 15 is 0 Å². The van der Waals surface area contributed by atoms with Gasteiger partial charge < -0.3 is 4.98 Å². The third kappa shape index (κ3) is 1.96. The summed E-state index contributed by atoms with van der Waals surface area (Å²) in [7, 11) is 1.80. The summed E-state index contributed by atoms with van der Waals surface area (Å²) in [6, 6.07) is 8.42. The predicted molar refractivity (Wildman–Crippen MR) is 81.5 cm³/mol. The van der Waals surface area contributed by atoms with Gasteiger partial charge in [-0.2, -0.15) is 5.10 Å². The zero-order valence-electron chi connectivity index (χ0n) is 11.8. The highest BCUT2D eigenvalue weighted by molar-refractivity contribution is 5.83. The Kier molecular flexibility index (Phi) is 2.75. The number of halogens is 1. The average Bonchev–Trinajstić information content (AvgIpc) is 3.10. The molecule has 0 bridgehead atoms. The van der Waals surface area contributed by atoms with Crippen molar-refractivity contribution in [2.45, 2.75) is 0 Å². The standard InChI is InChI=1S/C16H12FN5/c1-22-9-11(15(21-22)10-4-2-3-5-12(10)17)16-19-13-6-7-18-8-14(13)20-16/h2-9H,1H3,(H,19,20). The lowest BCUT2D eigenvalue weighted by atomic mass is 10.1. The Labute approximate surface area is 125 Å². The van der Waals surface area contributed by atoms with Crippen LogP contribution in [0.2, 0.25) is 0 Å². The van der Waals surface area contributed by atoms with Crippen molar-refractivity contribution in [3.8, 4) is 22.6 Å². The number of H-pyrrole nitrogens is 1. The molecule has 0 aliphatic carbocycles. The fourth-order valence-corrected chi connectivity index (χ4v) is 2.50. The molecule has 1 aromatic carbocycles. The summed E-state index contributed by atoms with van der Waals surface area (Å²) in [6.45, 7) is 0. The Morgan fingerprint density at radius 1 is 1.14 bits per heavy atom. The van der Waals surface area contributed by atoms with Gasteiger partial charge in [-0.25, -0.2) is 9.37 Å². The van der Waals surface area contributed by atoms with Gasteiger partial charge in [0.05, 0.1) is 22.8 Å². The van der Waals surface area contributed by atoms with Crippen molar-refractivity contribution in [1.82, 2.24) is 24.7 Å². The molecule has 108 valence electrons. The van der Waals surface area contributed by atoms with E-state index in [1.807, 2.05) is 12.3 Å². The van der Waals surface area contributed by atoms with Crippen LogP contribution >= 0.6 is 0 Å². The maximum absolute atomic E-state index is 14.1. The molecular weight excluding hydrogens is 281 g/mol. The molecule has 0 spiro atoms. The monoisotopic (exact) mass is 293 g/mol. The van der Waals surface area contributed by atoms with Crippen molar-refractivity contribution in [1.29, 1.82) is 0 Å². The number of rotatable bonds is 2. The quantitative estimate of drug-likeness (QED) is 0.617. The molecular formula is C16H12FN5. The molecule has 0 atom stereocenters. The zero-order valence-corrected chi connectivity index (χ0v) is 11.8. The van der Waals surface area contributed by atoms with Crippen molar-refractivity contribution in [3.63, 3.8) is 0 Å². The van der Waals surface area contributed by atoms with Crippen LogP contribution in [0.1, 0.15) is 0 Å². The Balaban J connectivity index is 1.94. The van der Waals surface area contributed by atoms with Crippen LogP contribution in [0, 0.1) is 5.82 Å². The van der Waals surface area contributed by atoms with E-state index in [9.17, 15) is 4.39 Å². The van der Waals surface area contributed by atoms with Crippen molar-refractivity contribution in [2.75, 3.05) is 0 Å². The first kappa shape index (κ1) is 12.7. The van der Waals surface area contributed by atoms with Crippen LogP contribution < -0.4 is 0 Å². The minimum atomic E-state index is -0.305. The molecule has 3 heterocycles. The van der Waals surface area contributed by atoms with Gasteiger partial charge in [-0.05, 0) is 18.2 Å². The summed E-state index contributed by atoms with van der Waals surface area (Å²) in [5, 5.41) is 4.39. The highest BCUT2D eigenvalue weighted by Crippen LogP contribution is 2.31. The lowest BCUT2D eigenvalue weighted by molar-refractivity contribution is 0.630. The third-order valence-corrected chi connectivity index (χ3v) is 3.50. The van der Waals surface area contributed by atoms with Gasteiger partial charge in [0.2, 0.25) is 0 Å². The zero-order chi connectivity index (χ0) is 15.1. The molecule has 1 N–H and O–H groups in total. The van der Waals surface area contributed by atoms with Crippen molar-refractivity contribution in [2.24, 2.45) is 7.05 Å². The number of imidazole rings is 1. The van der Waals surface area contributed by atoms with Crippen LogP contribution in [-0.2, 0) is 7.05 Å². The van der Waals surface area contributed by atoms with E-state index in [0.717, 1.165) is 16.6 Å². The van der Waals surface area contributed by atoms with E-state index in [-0.39, 0.29) is 5.82 Å². The van der Waals surface area contributed by atoms with Gasteiger partial charge in [-0.3, -0.25) is 9.67 Å². The normalized spacial score (nSPS) is 11.2. The number of benzene rings is 1. The largest absolute Gasteiger partial charge is 0.337 e. The number of pyridine rings is 1. The van der Waals surface area contributed by atoms with Gasteiger partial charge in [0.15, 0.2) is 0 Å². The summed E-state index contributed by atoms with van der Waals surface area (Å²) in [5.41, 5.74) is 3.42. The summed E-state index contributed by atoms with van der Waals surface area (Å²) in [6.07, 6.45) is 5.23. The fraction of sp³-hybridized carbons (Fsp3) is 0.0625. The van der Waals surface area contributed by atoms with Gasteiger partial charge in [0.25, 0.3) is 0 Å². The molecule has 0 unspecified atom stereocenters. The topological polar surface area (TPSA) is 59.4 Å². The molecule has 4 rings (SSSR count). The van der Waals surface area contributed by atoms with Crippen molar-refractivity contribution in [3.05, 3.63) is 54.7 Å². The van der Waals surface area contributed by atoms with Gasteiger partial charge >= 0.3 is 0 Å². The second-order valence-electron chi connectivity index (χ2n) is 5.02. The minimum absolute atomic E-state index is 0.305. The Morgan fingerprint density at radius 3 is 2.82 bits per heavy atom. The van der Waals surface area contributed by atoms with Crippen molar-refractivity contribution >= 4 is 11.0 Å². The number of hydrogen-bond acceptors (Lipinski definition) is 3. The third-order valence-electron chi connectivity index (χ3n) is 3.50. The number of aromatic amines is 1. The lowest BCUT2D eigenvalue weighted by Crippen LogP contribution is -1.90. The van der Waals surface area contributed by atoms with Gasteiger partial charge in [0.1, 0.15) is 17.3 Å². The number of hydrogen-bond donors (Lipinski definition) is 1. The molecule has 0 aliphatic heterocycles. The van der Waals surface area contributed by atoms with Crippen LogP contribution in [-0.4, -0.2) is 24.7 Å². The van der Waals surface area contributed by atoms with E-state index < -0.39 is 0 Å². The second-order valence-corrected chi connectivity index (χ2v) is 5.02. The van der Waals surface area contributed by atoms with Gasteiger partial charge in [-0.1, -0.05) is 12.1 Å². The molecule has 4 aromatic rings. The number of fused-ring (bicyclic) bond motifs is 1. The first-order valence-electron chi connectivity index (χ1n) is 6.81. The van der Waals surface area contributed by atoms with Crippen LogP contribution in [0.4, 0.5) is 4.39 Å². The molecule has 0 saturated carbocycles. The first-order valence-corrected chi connectivity index (χ1v) is 6.81. The maximum atomic E-state index is 14.1. The molecule has 6 heteroatoms. The summed E-state index contributed by atoms with van der Waals surface area (Å²) >= 11 is 0. The highest BCUT2D eigenvalue weighted by Gasteiger charge is 2.17. The number of aryl methyl sites for hydroxylation is 1. The van der Waals surface area contributed by atoms with Crippen LogP contribution in [0.25, 0.3) is 33.7 Å². The molecule has 5 nitrogen and oxygen atoms in total. The molecule has 0 radical (unpaired) electrons. The molecule has 0 aliphatic rings. The smallest absolute Gasteiger partial charge is 0.142 e. The average molecular weight is 293 g/mol. The minimum Gasteiger partial charge on any atom is -0.337 e. The van der Waals surface area contributed by atoms with Crippen LogP contribution in [0.3, 0.4) is 0 Å². The van der Waals surface area contributed by atoms with Crippen LogP contribution in [0.15, 0.2) is 48.9 Å². The van der Waals surface area contributed by atoms with E-state index in [1.54, 1.807) is 42.3 Å². The Hall–Kier alpha value is -3.02. The Bertz CT molecular complexity index is 937. The second kappa shape index (κ2) is 4.77. The first-order chi connectivity index (χ1) is 10.7. The number of nitrogens with zero attached hydrogens (tertiary/aromatic N) is 4. The van der Waals surface area contributed by atoms with E-state index in [4.69, 9.17) is 0 Å². The molecule has 0 amide bonds. The summed E-state index contributed by atoms with van der Waals surface area (Å²) < 4.78 is 15.8. The molecule has 3 aromatic heterocycles. The fourth-order valence-electron chi connectivity index (χ4n) is 2.50. The van der Waals surface area contributed by atoms with Crippen molar-refractivity contribution < 1.29 is 4.39 Å². The predicted octanol–water partition coefficient (Wildman–Crippen LogP) is 3.16. The van der Waals surface area contributed by atoms with Gasteiger partial charge in [-0.15, -0.1) is 0 Å². The summed E-state index contributed by atoms with van der Waals surface area (Å²) in [4.78, 5) is 11.8. The van der Waals surface area contributed by atoms with E-state index in [0.29, 0.717) is 17.1 Å². The number of aromatic nitrogens is 5. The van der Waals surface area contributed by atoms with E-state index in [2.05, 4.69) is 20.1 Å². The van der Waals surface area contributed by atoms with E-state index in [1.165, 1.54) is 6.07 Å². The van der Waals surface area contributed by atoms with Gasteiger partial charge in [0, 0.05) is 25.0 Å². The SMILES string of the molecule is Cn1cc(-c2nc3ccncc3[nH]2)c(-c2ccccc2F)n1. The molecule has 0 saturated heterocycles. The Morgan fingerprint density at radius 2 is 2.00 bits per heavy atom. The maximum Gasteiger partial charge on any atom is 0.142 e. The highest BCUT2D eigenvalue weighted by atomic mass is 19.1. The molecule has 22 heavy (non-hydrogen) atoms. The number of nitrogens with one attached hydrogen (secondary N) is 1.